The minimum Gasteiger partial charge on any atom is -0.119 e. The predicted octanol–water partition coefficient (Wildman–Crippen LogP) is 3.95. The highest BCUT2D eigenvalue weighted by molar-refractivity contribution is 9.09. The van der Waals surface area contributed by atoms with E-state index in [1.54, 1.807) is 0 Å². The van der Waals surface area contributed by atoms with Crippen molar-refractivity contribution in [2.24, 2.45) is 0 Å². The van der Waals surface area contributed by atoms with Crippen molar-refractivity contribution in [3.8, 4) is 0 Å². The van der Waals surface area contributed by atoms with Crippen molar-refractivity contribution < 1.29 is 0 Å². The van der Waals surface area contributed by atoms with Crippen LogP contribution in [-0.2, 0) is 0 Å². The first-order valence-electron chi connectivity index (χ1n) is 2.68. The molecule has 0 heterocycles. The summed E-state index contributed by atoms with van der Waals surface area (Å²) in [6.07, 6.45) is 0.649. The highest BCUT2D eigenvalue weighted by Gasteiger charge is 2.31. The van der Waals surface area contributed by atoms with Gasteiger partial charge in [0.05, 0.1) is 5.38 Å². The fourth-order valence-electron chi connectivity index (χ4n) is 0.395. The van der Waals surface area contributed by atoms with Crippen LogP contribution in [0.2, 0.25) is 0 Å². The van der Waals surface area contributed by atoms with Crippen LogP contribution in [0, 0.1) is 0 Å². The van der Waals surface area contributed by atoms with Gasteiger partial charge in [0.15, 0.2) is 0 Å². The topological polar surface area (TPSA) is 0 Å². The second-order valence-corrected chi connectivity index (χ2v) is 5.33. The molecule has 0 aromatic rings. The summed E-state index contributed by atoms with van der Waals surface area (Å²) in [6, 6.07) is 0. The van der Waals surface area contributed by atoms with Crippen LogP contribution in [0.5, 0.6) is 0 Å². The highest BCUT2D eigenvalue weighted by atomic mass is 79.9. The van der Waals surface area contributed by atoms with E-state index in [1.807, 2.05) is 0 Å². The number of halogens is 5. The summed E-state index contributed by atoms with van der Waals surface area (Å²) in [4.78, 5) is 0. The molecule has 0 N–H and O–H groups in total. The highest BCUT2D eigenvalue weighted by Crippen LogP contribution is 2.34. The van der Waals surface area contributed by atoms with Gasteiger partial charge in [-0.1, -0.05) is 55.1 Å². The molecule has 0 amide bonds. The Balaban J connectivity index is 3.82. The van der Waals surface area contributed by atoms with Crippen LogP contribution in [-0.4, -0.2) is 20.4 Å². The van der Waals surface area contributed by atoms with E-state index < -0.39 is 4.33 Å². The first-order chi connectivity index (χ1) is 4.54. The zero-order valence-corrected chi connectivity index (χ0v) is 10.5. The van der Waals surface area contributed by atoms with Crippen molar-refractivity contribution in [3.05, 3.63) is 0 Å². The molecule has 0 bridgehead atoms. The second kappa shape index (κ2) is 5.47. The molecule has 0 aliphatic rings. The summed E-state index contributed by atoms with van der Waals surface area (Å²) in [5.74, 6) is 0. The fraction of sp³-hybridized carbons (Fsp3) is 1.00. The molecule has 1 unspecified atom stereocenters. The minimum atomic E-state index is -0.825. The van der Waals surface area contributed by atoms with Gasteiger partial charge in [-0.15, -0.1) is 11.6 Å². The second-order valence-electron chi connectivity index (χ2n) is 1.82. The molecule has 0 spiro atoms. The Morgan fingerprint density at radius 2 is 1.80 bits per heavy atom. The van der Waals surface area contributed by atoms with E-state index in [4.69, 9.17) is 34.8 Å². The van der Waals surface area contributed by atoms with Crippen LogP contribution in [0.4, 0.5) is 0 Å². The lowest BCUT2D eigenvalue weighted by Gasteiger charge is -2.22. The van der Waals surface area contributed by atoms with Gasteiger partial charge in [0, 0.05) is 10.7 Å². The standard InChI is InChI=1S/C5H7Br2Cl3/c6-2-1-5(9,10)4(8)3-7/h4H,1-3H2. The molecule has 0 radical (unpaired) electrons. The molecule has 0 saturated carbocycles. The summed E-state index contributed by atoms with van der Waals surface area (Å²) in [5, 5.41) is 1.12. The molecule has 0 aliphatic heterocycles. The van der Waals surface area contributed by atoms with E-state index in [0.717, 1.165) is 5.33 Å². The average Bonchev–Trinajstić information content (AvgIpc) is 1.86. The average molecular weight is 333 g/mol. The van der Waals surface area contributed by atoms with Gasteiger partial charge < -0.3 is 0 Å². The summed E-state index contributed by atoms with van der Waals surface area (Å²) >= 11 is 24.0. The molecule has 1 atom stereocenters. The van der Waals surface area contributed by atoms with Gasteiger partial charge in [-0.25, -0.2) is 0 Å². The summed E-state index contributed by atoms with van der Waals surface area (Å²) < 4.78 is -0.825. The van der Waals surface area contributed by atoms with E-state index in [1.165, 1.54) is 0 Å². The monoisotopic (exact) mass is 330 g/mol. The summed E-state index contributed by atoms with van der Waals surface area (Å²) in [5.41, 5.74) is 0. The minimum absolute atomic E-state index is 0.242. The molecule has 5 heteroatoms. The molecule has 0 aromatic carbocycles. The SMILES string of the molecule is ClC(CBr)C(Cl)(Cl)CCBr. The quantitative estimate of drug-likeness (QED) is 0.684. The molecule has 0 aromatic heterocycles. The third-order valence-electron chi connectivity index (χ3n) is 1.02. The van der Waals surface area contributed by atoms with Gasteiger partial charge in [0.1, 0.15) is 4.33 Å². The van der Waals surface area contributed by atoms with Crippen LogP contribution < -0.4 is 0 Å². The van der Waals surface area contributed by atoms with E-state index in [9.17, 15) is 0 Å². The smallest absolute Gasteiger partial charge is 0.119 e. The molecular weight excluding hydrogens is 326 g/mol. The van der Waals surface area contributed by atoms with Gasteiger partial charge in [0.25, 0.3) is 0 Å². The van der Waals surface area contributed by atoms with Gasteiger partial charge in [-0.2, -0.15) is 0 Å². The normalized spacial score (nSPS) is 15.3. The van der Waals surface area contributed by atoms with E-state index in [2.05, 4.69) is 31.9 Å². The Morgan fingerprint density at radius 3 is 2.10 bits per heavy atom. The van der Waals surface area contributed by atoms with Crippen LogP contribution in [0.1, 0.15) is 6.42 Å². The van der Waals surface area contributed by atoms with Crippen molar-refractivity contribution in [1.29, 1.82) is 0 Å². The lowest BCUT2D eigenvalue weighted by atomic mass is 10.2. The fourth-order valence-corrected chi connectivity index (χ4v) is 2.86. The molecule has 0 saturated heterocycles. The third kappa shape index (κ3) is 4.01. The molecular formula is C5H7Br2Cl3. The predicted molar refractivity (Wildman–Crippen MR) is 56.3 cm³/mol. The van der Waals surface area contributed by atoms with Crippen LogP contribution in [0.3, 0.4) is 0 Å². The maximum Gasteiger partial charge on any atom is 0.136 e. The molecule has 0 fully saturated rings. The number of hydrogen-bond acceptors (Lipinski definition) is 0. The number of alkyl halides is 5. The molecule has 0 rings (SSSR count). The molecule has 62 valence electrons. The maximum atomic E-state index is 5.86. The Morgan fingerprint density at radius 1 is 1.30 bits per heavy atom. The first-order valence-corrected chi connectivity index (χ1v) is 6.12. The van der Waals surface area contributed by atoms with E-state index in [0.29, 0.717) is 11.8 Å². The lowest BCUT2D eigenvalue weighted by Crippen LogP contribution is -2.28. The molecule has 0 nitrogen and oxygen atoms in total. The molecule has 0 aliphatic carbocycles. The van der Waals surface area contributed by atoms with Gasteiger partial charge in [-0.3, -0.25) is 0 Å². The summed E-state index contributed by atoms with van der Waals surface area (Å²) in [7, 11) is 0. The van der Waals surface area contributed by atoms with Gasteiger partial charge in [0.2, 0.25) is 0 Å². The van der Waals surface area contributed by atoms with Crippen molar-refractivity contribution in [2.45, 2.75) is 16.1 Å². The maximum absolute atomic E-state index is 5.86. The summed E-state index contributed by atoms with van der Waals surface area (Å²) in [6.45, 7) is 0. The Bertz CT molecular complexity index is 96.9. The third-order valence-corrected chi connectivity index (χ3v) is 4.09. The van der Waals surface area contributed by atoms with Crippen LogP contribution in [0.25, 0.3) is 0 Å². The van der Waals surface area contributed by atoms with Gasteiger partial charge in [-0.05, 0) is 6.42 Å². The first kappa shape index (κ1) is 11.8. The van der Waals surface area contributed by atoms with E-state index >= 15 is 0 Å². The van der Waals surface area contributed by atoms with Crippen LogP contribution in [0.15, 0.2) is 0 Å². The largest absolute Gasteiger partial charge is 0.136 e. The number of rotatable bonds is 4. The lowest BCUT2D eigenvalue weighted by molar-refractivity contribution is 0.741. The molecule has 10 heavy (non-hydrogen) atoms. The van der Waals surface area contributed by atoms with Crippen molar-refractivity contribution in [3.63, 3.8) is 0 Å². The Hall–Kier alpha value is 1.83. The van der Waals surface area contributed by atoms with Crippen LogP contribution >= 0.6 is 66.7 Å². The number of hydrogen-bond donors (Lipinski definition) is 0. The van der Waals surface area contributed by atoms with Crippen molar-refractivity contribution in [1.82, 2.24) is 0 Å². The zero-order chi connectivity index (χ0) is 8.20. The Kier molecular flexibility index (Phi) is 6.47. The van der Waals surface area contributed by atoms with E-state index in [-0.39, 0.29) is 5.38 Å². The van der Waals surface area contributed by atoms with Crippen molar-refractivity contribution >= 4 is 66.7 Å². The van der Waals surface area contributed by atoms with Gasteiger partial charge >= 0.3 is 0 Å². The Labute approximate surface area is 92.8 Å². The van der Waals surface area contributed by atoms with Crippen molar-refractivity contribution in [2.75, 3.05) is 10.7 Å². The zero-order valence-electron chi connectivity index (χ0n) is 5.09.